The van der Waals surface area contributed by atoms with Gasteiger partial charge in [0.05, 0.1) is 13.2 Å². The highest BCUT2D eigenvalue weighted by Gasteiger charge is 2.41. The minimum absolute atomic E-state index is 0.0549. The summed E-state index contributed by atoms with van der Waals surface area (Å²) in [6, 6.07) is 19.9. The van der Waals surface area contributed by atoms with Crippen molar-refractivity contribution in [3.05, 3.63) is 71.3 Å². The second-order valence-electron chi connectivity index (χ2n) is 9.48. The average molecular weight is 439 g/mol. The fourth-order valence-electron chi connectivity index (χ4n) is 5.18. The minimum atomic E-state index is -0.281. The predicted molar refractivity (Wildman–Crippen MR) is 129 cm³/mol. The van der Waals surface area contributed by atoms with Gasteiger partial charge in [-0.1, -0.05) is 50.2 Å². The first-order chi connectivity index (χ1) is 15.9. The molecule has 1 atom stereocenters. The van der Waals surface area contributed by atoms with Crippen molar-refractivity contribution < 1.29 is 14.3 Å². The van der Waals surface area contributed by atoms with Crippen LogP contribution in [0.2, 0.25) is 0 Å². The van der Waals surface area contributed by atoms with Gasteiger partial charge in [-0.15, -0.1) is 0 Å². The lowest BCUT2D eigenvalue weighted by Crippen LogP contribution is -2.33. The summed E-state index contributed by atoms with van der Waals surface area (Å²) in [6.45, 7) is 4.28. The van der Waals surface area contributed by atoms with Gasteiger partial charge >= 0.3 is 0 Å². The number of carbonyl (C=O) groups excluding carboxylic acids is 1. The number of anilines is 1. The molecule has 0 saturated heterocycles. The molecular formula is C28H26N2O3. The number of ether oxygens (including phenoxy) is 2. The van der Waals surface area contributed by atoms with Gasteiger partial charge in [-0.25, -0.2) is 0 Å². The third kappa shape index (κ3) is 3.62. The molecule has 2 aliphatic rings. The third-order valence-electron chi connectivity index (χ3n) is 6.55. The summed E-state index contributed by atoms with van der Waals surface area (Å²) in [7, 11) is 1.58. The van der Waals surface area contributed by atoms with Gasteiger partial charge in [-0.2, -0.15) is 5.26 Å². The lowest BCUT2D eigenvalue weighted by Gasteiger charge is -2.40. The van der Waals surface area contributed by atoms with Crippen LogP contribution < -0.4 is 14.8 Å². The number of benzene rings is 3. The summed E-state index contributed by atoms with van der Waals surface area (Å²) in [5.41, 5.74) is 4.98. The molecule has 0 saturated carbocycles. The van der Waals surface area contributed by atoms with E-state index >= 15 is 0 Å². The van der Waals surface area contributed by atoms with Gasteiger partial charge in [-0.3, -0.25) is 4.79 Å². The molecule has 1 aliphatic carbocycles. The molecule has 166 valence electrons. The molecule has 1 aliphatic heterocycles. The van der Waals surface area contributed by atoms with Gasteiger partial charge in [0.25, 0.3) is 0 Å². The monoisotopic (exact) mass is 438 g/mol. The van der Waals surface area contributed by atoms with Crippen molar-refractivity contribution in [1.29, 1.82) is 5.26 Å². The Bertz CT molecular complexity index is 1350. The number of Topliss-reactive ketones (excluding diaryl/α,β-unsaturated/α-hetero) is 1. The Kier molecular flexibility index (Phi) is 5.09. The Hall–Kier alpha value is -3.78. The molecule has 3 aromatic rings. The number of rotatable bonds is 4. The first kappa shape index (κ1) is 21.1. The topological polar surface area (TPSA) is 71.3 Å². The zero-order chi connectivity index (χ0) is 23.2. The largest absolute Gasteiger partial charge is 0.493 e. The number of hydrogen-bond acceptors (Lipinski definition) is 5. The smallest absolute Gasteiger partial charge is 0.174 e. The molecule has 0 amide bonds. The highest BCUT2D eigenvalue weighted by atomic mass is 16.5. The molecule has 3 aromatic carbocycles. The quantitative estimate of drug-likeness (QED) is 0.536. The maximum Gasteiger partial charge on any atom is 0.174 e. The number of allylic oxidation sites excluding steroid dienone is 1. The molecular weight excluding hydrogens is 412 g/mol. The summed E-state index contributed by atoms with van der Waals surface area (Å²) in [4.78, 5) is 13.5. The van der Waals surface area contributed by atoms with E-state index in [9.17, 15) is 4.79 Å². The Morgan fingerprint density at radius 3 is 2.70 bits per heavy atom. The highest BCUT2D eigenvalue weighted by molar-refractivity contribution is 6.12. The molecule has 5 rings (SSSR count). The van der Waals surface area contributed by atoms with Crippen molar-refractivity contribution in [2.45, 2.75) is 32.7 Å². The van der Waals surface area contributed by atoms with Crippen LogP contribution in [0.1, 0.15) is 43.9 Å². The number of nitrogens with one attached hydrogen (secondary N) is 1. The van der Waals surface area contributed by atoms with E-state index in [2.05, 4.69) is 49.5 Å². The van der Waals surface area contributed by atoms with Gasteiger partial charge in [0.2, 0.25) is 0 Å². The number of nitriles is 1. The third-order valence-corrected chi connectivity index (χ3v) is 6.55. The molecule has 33 heavy (non-hydrogen) atoms. The van der Waals surface area contributed by atoms with Gasteiger partial charge in [0.15, 0.2) is 23.9 Å². The molecule has 0 spiro atoms. The standard InChI is InChI=1S/C28H26N2O3/c1-28(2)15-20-25-19-7-5-4-6-17(19)8-10-21(25)30-27(26(20)22(31)16-28)18-9-11-23(33-13-12-29)24(14-18)32-3/h4-11,14,27,30H,13,15-16H2,1-3H3/t27-/m0/s1. The van der Waals surface area contributed by atoms with Crippen LogP contribution in [0.25, 0.3) is 16.3 Å². The summed E-state index contributed by atoms with van der Waals surface area (Å²) in [5, 5.41) is 14.8. The van der Waals surface area contributed by atoms with Gasteiger partial charge in [-0.05, 0) is 51.9 Å². The van der Waals surface area contributed by atoms with E-state index in [1.807, 2.05) is 24.3 Å². The van der Waals surface area contributed by atoms with Crippen molar-refractivity contribution in [2.75, 3.05) is 19.0 Å². The lowest BCUT2D eigenvalue weighted by atomic mass is 9.68. The summed E-state index contributed by atoms with van der Waals surface area (Å²) in [6.07, 6.45) is 1.36. The van der Waals surface area contributed by atoms with Crippen LogP contribution in [0.4, 0.5) is 5.69 Å². The van der Waals surface area contributed by atoms with Crippen molar-refractivity contribution in [3.8, 4) is 17.6 Å². The molecule has 0 bridgehead atoms. The van der Waals surface area contributed by atoms with Crippen molar-refractivity contribution in [2.24, 2.45) is 5.41 Å². The zero-order valence-electron chi connectivity index (χ0n) is 19.1. The Morgan fingerprint density at radius 1 is 1.09 bits per heavy atom. The number of ketones is 1. The highest BCUT2D eigenvalue weighted by Crippen LogP contribution is 2.52. The zero-order valence-corrected chi connectivity index (χ0v) is 19.1. The van der Waals surface area contributed by atoms with Crippen molar-refractivity contribution >= 4 is 27.8 Å². The van der Waals surface area contributed by atoms with E-state index < -0.39 is 0 Å². The Labute approximate surface area is 193 Å². The van der Waals surface area contributed by atoms with E-state index in [1.54, 1.807) is 13.2 Å². The van der Waals surface area contributed by atoms with Gasteiger partial charge in [0, 0.05) is 23.2 Å². The summed E-state index contributed by atoms with van der Waals surface area (Å²) >= 11 is 0. The molecule has 1 heterocycles. The summed E-state index contributed by atoms with van der Waals surface area (Å²) in [5.74, 6) is 1.23. The van der Waals surface area contributed by atoms with Crippen LogP contribution >= 0.6 is 0 Å². The van der Waals surface area contributed by atoms with E-state index in [4.69, 9.17) is 14.7 Å². The Balaban J connectivity index is 1.70. The van der Waals surface area contributed by atoms with E-state index in [0.29, 0.717) is 17.9 Å². The number of hydrogen-bond donors (Lipinski definition) is 1. The normalized spacial score (nSPS) is 18.7. The second kappa shape index (κ2) is 7.97. The minimum Gasteiger partial charge on any atom is -0.493 e. The molecule has 5 heteroatoms. The van der Waals surface area contributed by atoms with Gasteiger partial charge in [0.1, 0.15) is 6.07 Å². The number of carbonyl (C=O) groups is 1. The van der Waals surface area contributed by atoms with Gasteiger partial charge < -0.3 is 14.8 Å². The van der Waals surface area contributed by atoms with Crippen LogP contribution in [0.5, 0.6) is 11.5 Å². The fraction of sp³-hybridized carbons (Fsp3) is 0.286. The van der Waals surface area contributed by atoms with Crippen molar-refractivity contribution in [1.82, 2.24) is 0 Å². The van der Waals surface area contributed by atoms with Crippen LogP contribution in [-0.2, 0) is 4.79 Å². The van der Waals surface area contributed by atoms with E-state index in [-0.39, 0.29) is 23.8 Å². The lowest BCUT2D eigenvalue weighted by molar-refractivity contribution is -0.118. The predicted octanol–water partition coefficient (Wildman–Crippen LogP) is 6.06. The van der Waals surface area contributed by atoms with Crippen LogP contribution in [0.15, 0.2) is 60.2 Å². The number of nitrogens with zero attached hydrogens (tertiary/aromatic N) is 1. The molecule has 5 nitrogen and oxygen atoms in total. The van der Waals surface area contributed by atoms with Crippen LogP contribution in [0, 0.1) is 16.7 Å². The summed E-state index contributed by atoms with van der Waals surface area (Å²) < 4.78 is 11.0. The molecule has 0 aromatic heterocycles. The molecule has 0 fully saturated rings. The first-order valence-corrected chi connectivity index (χ1v) is 11.1. The first-order valence-electron chi connectivity index (χ1n) is 11.1. The number of methoxy groups -OCH3 is 1. The maximum absolute atomic E-state index is 13.5. The average Bonchev–Trinajstić information content (AvgIpc) is 2.80. The van der Waals surface area contributed by atoms with E-state index in [1.165, 1.54) is 5.39 Å². The van der Waals surface area contributed by atoms with E-state index in [0.717, 1.165) is 39.8 Å². The Morgan fingerprint density at radius 2 is 1.91 bits per heavy atom. The maximum atomic E-state index is 13.5. The van der Waals surface area contributed by atoms with Crippen LogP contribution in [0.3, 0.4) is 0 Å². The SMILES string of the molecule is COc1cc([C@@H]2Nc3ccc4ccccc4c3C3=C2C(=O)CC(C)(C)C3)ccc1OCC#N. The molecule has 0 unspecified atom stereocenters. The molecule has 1 N–H and O–H groups in total. The van der Waals surface area contributed by atoms with Crippen molar-refractivity contribution in [3.63, 3.8) is 0 Å². The number of fused-ring (bicyclic) bond motifs is 4. The second-order valence-corrected chi connectivity index (χ2v) is 9.48. The fourth-order valence-corrected chi connectivity index (χ4v) is 5.18. The molecule has 0 radical (unpaired) electrons. The van der Waals surface area contributed by atoms with Crippen LogP contribution in [-0.4, -0.2) is 19.5 Å².